The van der Waals surface area contributed by atoms with Crippen molar-refractivity contribution in [1.29, 1.82) is 0 Å². The number of hydrogen-bond acceptors (Lipinski definition) is 4. The monoisotopic (exact) mass is 330 g/mol. The molecule has 0 amide bonds. The molecule has 0 spiro atoms. The van der Waals surface area contributed by atoms with Gasteiger partial charge in [-0.15, -0.1) is 0 Å². The maximum atomic E-state index is 10.7. The topological polar surface area (TPSA) is 58.9 Å². The third kappa shape index (κ3) is 4.42. The van der Waals surface area contributed by atoms with Crippen molar-refractivity contribution in [3.05, 3.63) is 28.8 Å². The molecule has 1 aromatic rings. The number of rotatable bonds is 4. The molecular formula is C17H31O4P. The summed E-state index contributed by atoms with van der Waals surface area (Å²) in [6, 6.07) is 3.89. The summed E-state index contributed by atoms with van der Waals surface area (Å²) in [5.41, 5.74) is 2.28. The van der Waals surface area contributed by atoms with Gasteiger partial charge in [0.1, 0.15) is 0 Å². The SMILES string of the molecule is CO[PH](O)(Cc1cc(C(C)(C)C)c(O)c(C(C)(C)C)c1)OC. The molecule has 22 heavy (non-hydrogen) atoms. The molecule has 0 heterocycles. The molecule has 5 heteroatoms. The Morgan fingerprint density at radius 2 is 1.27 bits per heavy atom. The van der Waals surface area contributed by atoms with E-state index in [0.717, 1.165) is 16.7 Å². The fourth-order valence-electron chi connectivity index (χ4n) is 2.43. The van der Waals surface area contributed by atoms with Gasteiger partial charge in [-0.1, -0.05) is 0 Å². The van der Waals surface area contributed by atoms with E-state index in [-0.39, 0.29) is 10.8 Å². The van der Waals surface area contributed by atoms with E-state index < -0.39 is 7.94 Å². The molecule has 4 nitrogen and oxygen atoms in total. The van der Waals surface area contributed by atoms with Crippen LogP contribution >= 0.6 is 7.94 Å². The van der Waals surface area contributed by atoms with Crippen LogP contribution in [0.1, 0.15) is 58.2 Å². The van der Waals surface area contributed by atoms with Crippen LogP contribution in [0.3, 0.4) is 0 Å². The van der Waals surface area contributed by atoms with Crippen LogP contribution in [0.5, 0.6) is 5.75 Å². The molecule has 0 unspecified atom stereocenters. The third-order valence-electron chi connectivity index (χ3n) is 3.85. The fraction of sp³-hybridized carbons (Fsp3) is 0.647. The summed E-state index contributed by atoms with van der Waals surface area (Å²) in [7, 11) is -0.274. The second kappa shape index (κ2) is 6.45. The number of hydrogen-bond donors (Lipinski definition) is 2. The van der Waals surface area contributed by atoms with Gasteiger partial charge in [0.25, 0.3) is 0 Å². The first-order valence-corrected chi connectivity index (χ1v) is 9.50. The summed E-state index contributed by atoms with van der Waals surface area (Å²) in [4.78, 5) is 10.4. The molecule has 0 radical (unpaired) electrons. The molecule has 0 bridgehead atoms. The van der Waals surface area contributed by atoms with E-state index in [0.29, 0.717) is 11.9 Å². The molecule has 0 aliphatic rings. The predicted octanol–water partition coefficient (Wildman–Crippen LogP) is 4.27. The van der Waals surface area contributed by atoms with Crippen molar-refractivity contribution in [2.75, 3.05) is 14.2 Å². The first kappa shape index (κ1) is 19.4. The van der Waals surface area contributed by atoms with Crippen LogP contribution < -0.4 is 0 Å². The first-order valence-electron chi connectivity index (χ1n) is 7.53. The molecular weight excluding hydrogens is 299 g/mol. The predicted molar refractivity (Wildman–Crippen MR) is 93.8 cm³/mol. The average molecular weight is 330 g/mol. The zero-order chi connectivity index (χ0) is 17.3. The van der Waals surface area contributed by atoms with E-state index in [1.54, 1.807) is 0 Å². The number of phenols is 1. The van der Waals surface area contributed by atoms with Crippen molar-refractivity contribution in [1.82, 2.24) is 0 Å². The van der Waals surface area contributed by atoms with E-state index in [9.17, 15) is 10.00 Å². The third-order valence-corrected chi connectivity index (χ3v) is 5.98. The van der Waals surface area contributed by atoms with Crippen molar-refractivity contribution in [3.63, 3.8) is 0 Å². The number of aromatic hydroxyl groups is 1. The van der Waals surface area contributed by atoms with Crippen LogP contribution in [-0.2, 0) is 26.0 Å². The zero-order valence-corrected chi connectivity index (χ0v) is 16.1. The van der Waals surface area contributed by atoms with E-state index in [4.69, 9.17) is 9.05 Å². The molecule has 2 N–H and O–H groups in total. The maximum absolute atomic E-state index is 10.7. The van der Waals surface area contributed by atoms with Gasteiger partial charge < -0.3 is 0 Å². The van der Waals surface area contributed by atoms with Gasteiger partial charge in [0.15, 0.2) is 0 Å². The standard InChI is InChI=1S/C17H31O4P/c1-16(2,3)13-9-12(11-22(19,20-7)21-8)10-14(15(13)18)17(4,5)6/h9-10,18-19,22H,11H2,1-8H3. The Morgan fingerprint density at radius 1 is 0.909 bits per heavy atom. The van der Waals surface area contributed by atoms with E-state index in [1.165, 1.54) is 14.2 Å². The molecule has 1 rings (SSSR count). The van der Waals surface area contributed by atoms with Gasteiger partial charge >= 0.3 is 134 Å². The van der Waals surface area contributed by atoms with Gasteiger partial charge in [-0.3, -0.25) is 0 Å². The quantitative estimate of drug-likeness (QED) is 0.810. The molecule has 128 valence electrons. The van der Waals surface area contributed by atoms with Crippen LogP contribution in [0.4, 0.5) is 0 Å². The average Bonchev–Trinajstić information content (AvgIpc) is 2.37. The van der Waals surface area contributed by atoms with E-state index in [1.807, 2.05) is 12.1 Å². The second-order valence-corrected chi connectivity index (χ2v) is 10.4. The van der Waals surface area contributed by atoms with Crippen molar-refractivity contribution in [2.45, 2.75) is 58.5 Å². The summed E-state index contributed by atoms with van der Waals surface area (Å²) in [5, 5.41) is 10.7. The summed E-state index contributed by atoms with van der Waals surface area (Å²) in [6.45, 7) is 12.4. The van der Waals surface area contributed by atoms with Gasteiger partial charge in [0, 0.05) is 0 Å². The Hall–Kier alpha value is -0.670. The Labute approximate surface area is 135 Å². The summed E-state index contributed by atoms with van der Waals surface area (Å²) < 4.78 is 10.4. The van der Waals surface area contributed by atoms with Crippen LogP contribution in [0.2, 0.25) is 0 Å². The van der Waals surface area contributed by atoms with Gasteiger partial charge in [0.05, 0.1) is 0 Å². The van der Waals surface area contributed by atoms with E-state index in [2.05, 4.69) is 41.5 Å². The first-order chi connectivity index (χ1) is 9.84. The van der Waals surface area contributed by atoms with E-state index >= 15 is 0 Å². The molecule has 0 aliphatic heterocycles. The molecule has 0 fully saturated rings. The molecule has 1 aromatic carbocycles. The van der Waals surface area contributed by atoms with Crippen molar-refractivity contribution < 1.29 is 19.0 Å². The van der Waals surface area contributed by atoms with Crippen LogP contribution in [0.25, 0.3) is 0 Å². The summed E-state index contributed by atoms with van der Waals surface area (Å²) in [6.07, 6.45) is 0.326. The second-order valence-electron chi connectivity index (χ2n) is 7.84. The van der Waals surface area contributed by atoms with Crippen LogP contribution in [0.15, 0.2) is 12.1 Å². The van der Waals surface area contributed by atoms with Gasteiger partial charge in [-0.25, -0.2) is 0 Å². The molecule has 0 aliphatic carbocycles. The molecule has 0 saturated heterocycles. The molecule has 0 atom stereocenters. The van der Waals surface area contributed by atoms with Crippen molar-refractivity contribution >= 4 is 7.94 Å². The zero-order valence-electron chi connectivity index (χ0n) is 15.1. The fourth-order valence-corrected chi connectivity index (χ4v) is 3.60. The number of phenolic OH excluding ortho intramolecular Hbond substituents is 1. The van der Waals surface area contributed by atoms with Gasteiger partial charge in [-0.2, -0.15) is 0 Å². The molecule has 0 aromatic heterocycles. The van der Waals surface area contributed by atoms with Gasteiger partial charge in [-0.05, 0) is 0 Å². The van der Waals surface area contributed by atoms with Crippen molar-refractivity contribution in [3.8, 4) is 5.75 Å². The summed E-state index contributed by atoms with van der Waals surface area (Å²) >= 11 is 0. The Kier molecular flexibility index (Phi) is 5.68. The Bertz CT molecular complexity index is 487. The number of benzene rings is 1. The summed E-state index contributed by atoms with van der Waals surface area (Å²) in [5.74, 6) is 0.337. The van der Waals surface area contributed by atoms with Crippen molar-refractivity contribution in [2.24, 2.45) is 0 Å². The van der Waals surface area contributed by atoms with Gasteiger partial charge in [0.2, 0.25) is 0 Å². The normalized spacial score (nSPS) is 14.2. The van der Waals surface area contributed by atoms with Crippen LogP contribution in [0, 0.1) is 0 Å². The Morgan fingerprint density at radius 3 is 1.55 bits per heavy atom. The Balaban J connectivity index is 3.48. The molecule has 0 saturated carbocycles. The minimum absolute atomic E-state index is 0.195. The van der Waals surface area contributed by atoms with Crippen LogP contribution in [-0.4, -0.2) is 24.2 Å². The minimum atomic E-state index is -3.20.